The van der Waals surface area contributed by atoms with Gasteiger partial charge in [0, 0.05) is 18.5 Å². The van der Waals surface area contributed by atoms with Crippen LogP contribution in [0, 0.1) is 0 Å². The maximum Gasteiger partial charge on any atom is 0.140 e. The smallest absolute Gasteiger partial charge is 0.140 e. The summed E-state index contributed by atoms with van der Waals surface area (Å²) in [4.78, 5) is 13.5. The van der Waals surface area contributed by atoms with E-state index < -0.39 is 0 Å². The molecule has 5 heteroatoms. The molecule has 1 atom stereocenters. The number of anilines is 1. The fourth-order valence-electron chi connectivity index (χ4n) is 2.85. The summed E-state index contributed by atoms with van der Waals surface area (Å²) in [6, 6.07) is 0. The highest BCUT2D eigenvalue weighted by atomic mass is 32.1. The number of aliphatic hydroxyl groups is 1. The second-order valence-electron chi connectivity index (χ2n) is 5.32. The monoisotopic (exact) mass is 277 g/mol. The molecule has 3 rings (SSSR count). The molecule has 0 radical (unpaired) electrons. The minimum atomic E-state index is -0.357. The molecule has 0 aliphatic heterocycles. The predicted octanol–water partition coefficient (Wildman–Crippen LogP) is 2.39. The van der Waals surface area contributed by atoms with Gasteiger partial charge in [0.2, 0.25) is 0 Å². The van der Waals surface area contributed by atoms with Crippen molar-refractivity contribution in [1.29, 1.82) is 0 Å². The number of hydrogen-bond acceptors (Lipinski definition) is 5. The molecule has 1 unspecified atom stereocenters. The van der Waals surface area contributed by atoms with Crippen LogP contribution in [0.25, 0.3) is 10.2 Å². The Kier molecular flexibility index (Phi) is 3.41. The summed E-state index contributed by atoms with van der Waals surface area (Å²) in [5.74, 6) is 0.963. The van der Waals surface area contributed by atoms with Gasteiger partial charge in [-0.05, 0) is 38.2 Å². The lowest BCUT2D eigenvalue weighted by Gasteiger charge is -2.21. The van der Waals surface area contributed by atoms with Gasteiger partial charge in [0.25, 0.3) is 0 Å². The number of rotatable bonds is 3. The fraction of sp³-hybridized carbons (Fsp3) is 0.571. The zero-order valence-corrected chi connectivity index (χ0v) is 12.2. The number of thiophene rings is 1. The first-order valence-electron chi connectivity index (χ1n) is 6.81. The third-order valence-corrected chi connectivity index (χ3v) is 4.83. The van der Waals surface area contributed by atoms with E-state index in [0.29, 0.717) is 6.54 Å². The first-order chi connectivity index (χ1) is 9.16. The number of fused-ring (bicyclic) bond motifs is 3. The zero-order chi connectivity index (χ0) is 13.4. The van der Waals surface area contributed by atoms with Crippen molar-refractivity contribution in [3.63, 3.8) is 0 Å². The van der Waals surface area contributed by atoms with Crippen molar-refractivity contribution in [2.75, 3.05) is 18.5 Å². The molecular weight excluding hydrogens is 258 g/mol. The lowest BCUT2D eigenvalue weighted by molar-refractivity contribution is 0.201. The Labute approximate surface area is 117 Å². The van der Waals surface area contributed by atoms with Crippen LogP contribution >= 0.6 is 11.3 Å². The zero-order valence-electron chi connectivity index (χ0n) is 11.4. The maximum absolute atomic E-state index is 9.56. The quantitative estimate of drug-likeness (QED) is 0.936. The number of aromatic nitrogens is 2. The minimum Gasteiger partial charge on any atom is -0.392 e. The van der Waals surface area contributed by atoms with Gasteiger partial charge in [-0.25, -0.2) is 9.97 Å². The largest absolute Gasteiger partial charge is 0.392 e. The summed E-state index contributed by atoms with van der Waals surface area (Å²) in [6.07, 6.45) is 6.13. The van der Waals surface area contributed by atoms with Crippen molar-refractivity contribution in [3.05, 3.63) is 16.8 Å². The molecule has 19 heavy (non-hydrogen) atoms. The van der Waals surface area contributed by atoms with Gasteiger partial charge in [0.05, 0.1) is 11.5 Å². The molecule has 2 heterocycles. The number of aryl methyl sites for hydroxylation is 2. The Hall–Kier alpha value is -1.20. The minimum absolute atomic E-state index is 0.357. The highest BCUT2D eigenvalue weighted by molar-refractivity contribution is 7.19. The third kappa shape index (κ3) is 2.32. The lowest BCUT2D eigenvalue weighted by Crippen LogP contribution is -2.27. The Morgan fingerprint density at radius 1 is 1.37 bits per heavy atom. The van der Waals surface area contributed by atoms with Crippen LogP contribution in [0.4, 0.5) is 5.82 Å². The van der Waals surface area contributed by atoms with Crippen LogP contribution in [0.15, 0.2) is 6.33 Å². The molecule has 0 saturated heterocycles. The van der Waals surface area contributed by atoms with E-state index >= 15 is 0 Å². The van der Waals surface area contributed by atoms with Crippen LogP contribution in [0.2, 0.25) is 0 Å². The van der Waals surface area contributed by atoms with Crippen LogP contribution in [0.1, 0.15) is 30.2 Å². The van der Waals surface area contributed by atoms with Crippen molar-refractivity contribution in [2.24, 2.45) is 0 Å². The number of likely N-dealkylation sites (N-methyl/N-ethyl adjacent to an activating group) is 1. The van der Waals surface area contributed by atoms with Crippen LogP contribution < -0.4 is 4.90 Å². The van der Waals surface area contributed by atoms with E-state index in [2.05, 4.69) is 9.97 Å². The fourth-order valence-corrected chi connectivity index (χ4v) is 4.07. The van der Waals surface area contributed by atoms with Crippen molar-refractivity contribution >= 4 is 27.4 Å². The van der Waals surface area contributed by atoms with Crippen molar-refractivity contribution < 1.29 is 5.11 Å². The van der Waals surface area contributed by atoms with Crippen LogP contribution in [-0.4, -0.2) is 34.8 Å². The van der Waals surface area contributed by atoms with Gasteiger partial charge in [-0.15, -0.1) is 11.3 Å². The normalized spacial score (nSPS) is 16.4. The summed E-state index contributed by atoms with van der Waals surface area (Å²) in [6.45, 7) is 2.40. The Morgan fingerprint density at radius 3 is 2.95 bits per heavy atom. The summed E-state index contributed by atoms with van der Waals surface area (Å²) in [5.41, 5.74) is 1.44. The molecule has 2 aromatic rings. The van der Waals surface area contributed by atoms with Crippen LogP contribution in [0.3, 0.4) is 0 Å². The Balaban J connectivity index is 2.11. The van der Waals surface area contributed by atoms with Crippen LogP contribution in [-0.2, 0) is 12.8 Å². The molecular formula is C14H19N3OS. The maximum atomic E-state index is 9.56. The molecule has 0 amide bonds. The molecule has 1 aliphatic rings. The standard InChI is InChI=1S/C14H19N3OS/c1-9(18)7-17(2)13-12-10-5-3-4-6-11(10)19-14(12)16-8-15-13/h8-9,18H,3-7H2,1-2H3. The SMILES string of the molecule is CC(O)CN(C)c1ncnc2sc3c(c12)CCCC3. The van der Waals surface area contributed by atoms with Crippen molar-refractivity contribution in [3.8, 4) is 0 Å². The topological polar surface area (TPSA) is 49.2 Å². The predicted molar refractivity (Wildman–Crippen MR) is 79.0 cm³/mol. The summed E-state index contributed by atoms with van der Waals surface area (Å²) in [7, 11) is 1.99. The van der Waals surface area contributed by atoms with E-state index in [9.17, 15) is 5.11 Å². The third-order valence-electron chi connectivity index (χ3n) is 3.63. The van der Waals surface area contributed by atoms with Gasteiger partial charge >= 0.3 is 0 Å². The van der Waals surface area contributed by atoms with E-state index in [1.54, 1.807) is 13.3 Å². The van der Waals surface area contributed by atoms with E-state index in [4.69, 9.17) is 0 Å². The summed E-state index contributed by atoms with van der Waals surface area (Å²) >= 11 is 1.81. The second-order valence-corrected chi connectivity index (χ2v) is 6.40. The van der Waals surface area contributed by atoms with Gasteiger partial charge < -0.3 is 10.0 Å². The average molecular weight is 277 g/mol. The average Bonchev–Trinajstić information content (AvgIpc) is 2.76. The number of aliphatic hydroxyl groups excluding tert-OH is 1. The van der Waals surface area contributed by atoms with Gasteiger partial charge in [0.15, 0.2) is 0 Å². The summed E-state index contributed by atoms with van der Waals surface area (Å²) < 4.78 is 0. The van der Waals surface area contributed by atoms with E-state index in [0.717, 1.165) is 17.1 Å². The Bertz CT molecular complexity index is 594. The number of nitrogens with zero attached hydrogens (tertiary/aromatic N) is 3. The highest BCUT2D eigenvalue weighted by Crippen LogP contribution is 2.38. The molecule has 0 spiro atoms. The molecule has 0 fully saturated rings. The van der Waals surface area contributed by atoms with E-state index in [1.807, 2.05) is 23.3 Å². The first-order valence-corrected chi connectivity index (χ1v) is 7.63. The van der Waals surface area contributed by atoms with Crippen molar-refractivity contribution in [1.82, 2.24) is 9.97 Å². The highest BCUT2D eigenvalue weighted by Gasteiger charge is 2.21. The Morgan fingerprint density at radius 2 is 2.16 bits per heavy atom. The molecule has 1 aliphatic carbocycles. The summed E-state index contributed by atoms with van der Waals surface area (Å²) in [5, 5.41) is 10.8. The molecule has 102 valence electrons. The second kappa shape index (κ2) is 5.06. The van der Waals surface area contributed by atoms with E-state index in [1.165, 1.54) is 35.1 Å². The lowest BCUT2D eigenvalue weighted by atomic mass is 9.97. The van der Waals surface area contributed by atoms with Gasteiger partial charge in [-0.1, -0.05) is 0 Å². The molecule has 0 saturated carbocycles. The molecule has 0 bridgehead atoms. The molecule has 0 aromatic carbocycles. The van der Waals surface area contributed by atoms with Gasteiger partial charge in [0.1, 0.15) is 17.0 Å². The van der Waals surface area contributed by atoms with E-state index in [-0.39, 0.29) is 6.10 Å². The van der Waals surface area contributed by atoms with Gasteiger partial charge in [-0.3, -0.25) is 0 Å². The number of hydrogen-bond donors (Lipinski definition) is 1. The van der Waals surface area contributed by atoms with Gasteiger partial charge in [-0.2, -0.15) is 0 Å². The molecule has 4 nitrogen and oxygen atoms in total. The first kappa shape index (κ1) is 12.8. The van der Waals surface area contributed by atoms with Crippen molar-refractivity contribution in [2.45, 2.75) is 38.7 Å². The molecule has 2 aromatic heterocycles. The molecule has 1 N–H and O–H groups in total. The van der Waals surface area contributed by atoms with Crippen LogP contribution in [0.5, 0.6) is 0 Å².